The maximum Gasteiger partial charge on any atom is 0.265 e. The maximum absolute atomic E-state index is 13.4. The zero-order valence-corrected chi connectivity index (χ0v) is 20.4. The Morgan fingerprint density at radius 1 is 1.03 bits per heavy atom. The molecule has 0 amide bonds. The van der Waals surface area contributed by atoms with E-state index in [1.807, 2.05) is 19.1 Å². The molecule has 5 nitrogen and oxygen atoms in total. The topological polar surface area (TPSA) is 60.7 Å². The van der Waals surface area contributed by atoms with E-state index in [9.17, 15) is 18.0 Å². The van der Waals surface area contributed by atoms with Gasteiger partial charge < -0.3 is 0 Å². The van der Waals surface area contributed by atoms with E-state index in [0.717, 1.165) is 31.2 Å². The van der Waals surface area contributed by atoms with Crippen molar-refractivity contribution in [3.8, 4) is 0 Å². The molecule has 0 aliphatic heterocycles. The van der Waals surface area contributed by atoms with E-state index in [1.54, 1.807) is 19.2 Å². The first-order valence-electron chi connectivity index (χ1n) is 12.1. The van der Waals surface area contributed by atoms with Gasteiger partial charge in [0.2, 0.25) is 0 Å². The number of pyridine rings is 2. The SMILES string of the molecule is Cc1cccc(F)c1.Cc1cnc2cc(C3CCCCC3)c(=O)n(Cc3ncccc3C(F)F)c2n1. The van der Waals surface area contributed by atoms with Crippen LogP contribution in [0.2, 0.25) is 0 Å². The van der Waals surface area contributed by atoms with E-state index in [2.05, 4.69) is 15.0 Å². The third kappa shape index (κ3) is 5.98. The van der Waals surface area contributed by atoms with Crippen LogP contribution in [-0.2, 0) is 6.54 Å². The molecule has 1 aliphatic rings. The minimum absolute atomic E-state index is 0.0471. The maximum atomic E-state index is 13.4. The van der Waals surface area contributed by atoms with Crippen molar-refractivity contribution < 1.29 is 13.2 Å². The second-order valence-electron chi connectivity index (χ2n) is 9.19. The van der Waals surface area contributed by atoms with Crippen LogP contribution in [-0.4, -0.2) is 19.5 Å². The first-order chi connectivity index (χ1) is 17.3. The summed E-state index contributed by atoms with van der Waals surface area (Å²) in [6.45, 7) is 3.61. The molecule has 5 rings (SSSR count). The molecule has 0 atom stereocenters. The number of aromatic nitrogens is 4. The largest absolute Gasteiger partial charge is 0.285 e. The lowest BCUT2D eigenvalue weighted by Crippen LogP contribution is -2.28. The van der Waals surface area contributed by atoms with Crippen LogP contribution in [0.5, 0.6) is 0 Å². The van der Waals surface area contributed by atoms with Crippen LogP contribution in [0, 0.1) is 19.7 Å². The van der Waals surface area contributed by atoms with Gasteiger partial charge in [-0.15, -0.1) is 0 Å². The lowest BCUT2D eigenvalue weighted by molar-refractivity contribution is 0.149. The van der Waals surface area contributed by atoms with E-state index in [-0.39, 0.29) is 35.1 Å². The normalized spacial score (nSPS) is 14.1. The molecule has 36 heavy (non-hydrogen) atoms. The summed E-state index contributed by atoms with van der Waals surface area (Å²) in [6.07, 6.45) is 5.78. The molecule has 0 spiro atoms. The molecule has 0 unspecified atom stereocenters. The molecule has 1 fully saturated rings. The molecule has 3 aromatic heterocycles. The summed E-state index contributed by atoms with van der Waals surface area (Å²) in [6, 6.07) is 11.2. The average Bonchev–Trinajstić information content (AvgIpc) is 2.87. The molecule has 1 saturated carbocycles. The standard InChI is InChI=1S/C21H22F2N4O.C7H7F/c1-13-11-25-17-10-16(14-6-3-2-4-7-14)21(28)27(20(17)26-13)12-18-15(19(22)23)8-5-9-24-18;1-6-3-2-4-7(8)5-6/h5,8-11,14,19H,2-4,6-7,12H2,1H3;2-5H,1H3. The van der Waals surface area contributed by atoms with Crippen molar-refractivity contribution in [2.75, 3.05) is 0 Å². The molecule has 0 saturated heterocycles. The Hall–Kier alpha value is -3.55. The van der Waals surface area contributed by atoms with Gasteiger partial charge in [-0.25, -0.2) is 18.2 Å². The van der Waals surface area contributed by atoms with Gasteiger partial charge in [-0.05, 0) is 68.5 Å². The molecule has 0 N–H and O–H groups in total. The van der Waals surface area contributed by atoms with Crippen molar-refractivity contribution >= 4 is 11.2 Å². The van der Waals surface area contributed by atoms with E-state index in [1.165, 1.54) is 41.5 Å². The number of benzene rings is 1. The number of fused-ring (bicyclic) bond motifs is 1. The number of hydrogen-bond acceptors (Lipinski definition) is 4. The summed E-state index contributed by atoms with van der Waals surface area (Å²) in [4.78, 5) is 26.4. The first-order valence-corrected chi connectivity index (χ1v) is 12.1. The van der Waals surface area contributed by atoms with Crippen LogP contribution in [0.4, 0.5) is 13.2 Å². The van der Waals surface area contributed by atoms with E-state index in [4.69, 9.17) is 0 Å². The van der Waals surface area contributed by atoms with Gasteiger partial charge >= 0.3 is 0 Å². The van der Waals surface area contributed by atoms with Gasteiger partial charge in [-0.2, -0.15) is 0 Å². The van der Waals surface area contributed by atoms with E-state index < -0.39 is 6.43 Å². The van der Waals surface area contributed by atoms with Crippen molar-refractivity contribution in [2.24, 2.45) is 0 Å². The number of nitrogens with zero attached hydrogens (tertiary/aromatic N) is 4. The molecular formula is C28H29F3N4O. The second kappa shape index (κ2) is 11.5. The lowest BCUT2D eigenvalue weighted by Gasteiger charge is -2.23. The van der Waals surface area contributed by atoms with Crippen LogP contribution < -0.4 is 5.56 Å². The number of hydrogen-bond donors (Lipinski definition) is 0. The third-order valence-corrected chi connectivity index (χ3v) is 6.44. The Kier molecular flexibility index (Phi) is 8.13. The van der Waals surface area contributed by atoms with Crippen molar-refractivity contribution in [1.82, 2.24) is 19.5 Å². The summed E-state index contributed by atoms with van der Waals surface area (Å²) in [5.74, 6) is 0.0169. The van der Waals surface area contributed by atoms with Gasteiger partial charge in [0.1, 0.15) is 11.3 Å². The lowest BCUT2D eigenvalue weighted by atomic mass is 9.84. The van der Waals surface area contributed by atoms with Gasteiger partial charge in [0.05, 0.1) is 17.9 Å². The molecule has 0 radical (unpaired) electrons. The van der Waals surface area contributed by atoms with E-state index in [0.29, 0.717) is 22.4 Å². The van der Waals surface area contributed by atoms with Gasteiger partial charge in [0, 0.05) is 23.5 Å². The van der Waals surface area contributed by atoms with Crippen LogP contribution in [0.1, 0.15) is 72.5 Å². The number of halogens is 3. The summed E-state index contributed by atoms with van der Waals surface area (Å²) < 4.78 is 40.5. The van der Waals surface area contributed by atoms with Crippen molar-refractivity contribution in [1.29, 1.82) is 0 Å². The predicted octanol–water partition coefficient (Wildman–Crippen LogP) is 6.66. The fraction of sp³-hybridized carbons (Fsp3) is 0.357. The minimum atomic E-state index is -2.65. The Labute approximate surface area is 208 Å². The first kappa shape index (κ1) is 25.5. The van der Waals surface area contributed by atoms with Crippen molar-refractivity contribution in [3.63, 3.8) is 0 Å². The fourth-order valence-corrected chi connectivity index (χ4v) is 4.62. The Morgan fingerprint density at radius 3 is 2.47 bits per heavy atom. The third-order valence-electron chi connectivity index (χ3n) is 6.44. The van der Waals surface area contributed by atoms with Crippen LogP contribution in [0.15, 0.2) is 59.7 Å². The summed E-state index contributed by atoms with van der Waals surface area (Å²) in [5.41, 5.74) is 3.21. The fourth-order valence-electron chi connectivity index (χ4n) is 4.62. The van der Waals surface area contributed by atoms with Crippen LogP contribution >= 0.6 is 0 Å². The monoisotopic (exact) mass is 494 g/mol. The predicted molar refractivity (Wildman–Crippen MR) is 134 cm³/mol. The summed E-state index contributed by atoms with van der Waals surface area (Å²) in [5, 5.41) is 0. The molecule has 188 valence electrons. The van der Waals surface area contributed by atoms with Crippen molar-refractivity contribution in [3.05, 3.63) is 99.1 Å². The Bertz CT molecular complexity index is 1380. The molecule has 0 bridgehead atoms. The molecular weight excluding hydrogens is 465 g/mol. The minimum Gasteiger partial charge on any atom is -0.285 e. The Morgan fingerprint density at radius 2 is 1.81 bits per heavy atom. The number of alkyl halides is 2. The van der Waals surface area contributed by atoms with Crippen LogP contribution in [0.25, 0.3) is 11.2 Å². The number of rotatable bonds is 4. The molecule has 1 aliphatic carbocycles. The highest BCUT2D eigenvalue weighted by Crippen LogP contribution is 2.32. The molecule has 8 heteroatoms. The zero-order valence-electron chi connectivity index (χ0n) is 20.4. The average molecular weight is 495 g/mol. The second-order valence-corrected chi connectivity index (χ2v) is 9.19. The molecule has 4 aromatic rings. The van der Waals surface area contributed by atoms with Crippen LogP contribution in [0.3, 0.4) is 0 Å². The highest BCUT2D eigenvalue weighted by atomic mass is 19.3. The quantitative estimate of drug-likeness (QED) is 0.318. The summed E-state index contributed by atoms with van der Waals surface area (Å²) >= 11 is 0. The highest BCUT2D eigenvalue weighted by molar-refractivity contribution is 5.71. The zero-order chi connectivity index (χ0) is 25.7. The van der Waals surface area contributed by atoms with E-state index >= 15 is 0 Å². The number of aryl methyl sites for hydroxylation is 2. The Balaban J connectivity index is 0.000000325. The smallest absolute Gasteiger partial charge is 0.265 e. The van der Waals surface area contributed by atoms with Gasteiger partial charge in [-0.3, -0.25) is 19.3 Å². The van der Waals surface area contributed by atoms with Crippen molar-refractivity contribution in [2.45, 2.75) is 64.8 Å². The van der Waals surface area contributed by atoms with Gasteiger partial charge in [0.15, 0.2) is 5.65 Å². The molecule has 3 heterocycles. The summed E-state index contributed by atoms with van der Waals surface area (Å²) in [7, 11) is 0. The highest BCUT2D eigenvalue weighted by Gasteiger charge is 2.23. The molecule has 1 aromatic carbocycles. The van der Waals surface area contributed by atoms with Gasteiger partial charge in [-0.1, -0.05) is 31.4 Å². The van der Waals surface area contributed by atoms with Gasteiger partial charge in [0.25, 0.3) is 12.0 Å².